The zero-order chi connectivity index (χ0) is 12.5. The summed E-state index contributed by atoms with van der Waals surface area (Å²) in [4.78, 5) is 10.6. The fourth-order valence-electron chi connectivity index (χ4n) is 2.03. The monoisotopic (exact) mass is 301 g/mol. The first-order chi connectivity index (χ1) is 8.02. The lowest BCUT2D eigenvalue weighted by Crippen LogP contribution is -2.46. The Kier molecular flexibility index (Phi) is 3.53. The Hall–Kier alpha value is -0.880. The number of aliphatic hydroxyl groups is 1. The van der Waals surface area contributed by atoms with Gasteiger partial charge in [-0.3, -0.25) is 0 Å². The summed E-state index contributed by atoms with van der Waals surface area (Å²) >= 11 is 3.32. The Balaban J connectivity index is 2.22. The summed E-state index contributed by atoms with van der Waals surface area (Å²) in [5, 5.41) is 10.0. The second-order valence-corrected chi connectivity index (χ2v) is 5.40. The maximum absolute atomic E-state index is 10.0. The summed E-state index contributed by atoms with van der Waals surface area (Å²) in [7, 11) is 1.57. The van der Waals surface area contributed by atoms with E-state index in [9.17, 15) is 5.11 Å². The molecule has 1 fully saturated rings. The highest BCUT2D eigenvalue weighted by molar-refractivity contribution is 9.10. The van der Waals surface area contributed by atoms with Crippen LogP contribution in [0.25, 0.3) is 0 Å². The first-order valence-corrected chi connectivity index (χ1v) is 6.35. The predicted octanol–water partition coefficient (Wildman–Crippen LogP) is 1.60. The van der Waals surface area contributed by atoms with Crippen LogP contribution >= 0.6 is 15.9 Å². The number of hydrogen-bond donors (Lipinski definition) is 1. The summed E-state index contributed by atoms with van der Waals surface area (Å²) < 4.78 is 5.87. The van der Waals surface area contributed by atoms with Gasteiger partial charge in [0.2, 0.25) is 11.8 Å². The molecule has 0 bridgehead atoms. The Labute approximate surface area is 109 Å². The van der Waals surface area contributed by atoms with Gasteiger partial charge in [0.15, 0.2) is 0 Å². The predicted molar refractivity (Wildman–Crippen MR) is 68.4 cm³/mol. The van der Waals surface area contributed by atoms with Crippen molar-refractivity contribution in [2.24, 2.45) is 0 Å². The van der Waals surface area contributed by atoms with Crippen molar-refractivity contribution in [2.45, 2.75) is 25.4 Å². The van der Waals surface area contributed by atoms with Gasteiger partial charge in [-0.1, -0.05) is 0 Å². The summed E-state index contributed by atoms with van der Waals surface area (Å²) in [5.74, 6) is 1.12. The maximum atomic E-state index is 10.0. The SMILES string of the molecule is COc1nc(N2CCCC(C)(O)C2)ncc1Br. The van der Waals surface area contributed by atoms with Crippen LogP contribution < -0.4 is 9.64 Å². The highest BCUT2D eigenvalue weighted by Gasteiger charge is 2.29. The third-order valence-corrected chi connectivity index (χ3v) is 3.39. The van der Waals surface area contributed by atoms with Crippen LogP contribution in [0.3, 0.4) is 0 Å². The molecular weight excluding hydrogens is 286 g/mol. The molecule has 6 heteroatoms. The van der Waals surface area contributed by atoms with Gasteiger partial charge < -0.3 is 14.7 Å². The van der Waals surface area contributed by atoms with Gasteiger partial charge in [-0.25, -0.2) is 4.98 Å². The van der Waals surface area contributed by atoms with Crippen LogP contribution in [0.1, 0.15) is 19.8 Å². The van der Waals surface area contributed by atoms with E-state index in [0.717, 1.165) is 23.9 Å². The van der Waals surface area contributed by atoms with Crippen molar-refractivity contribution in [3.63, 3.8) is 0 Å². The zero-order valence-electron chi connectivity index (χ0n) is 9.98. The lowest BCUT2D eigenvalue weighted by atomic mass is 9.95. The fraction of sp³-hybridized carbons (Fsp3) is 0.636. The van der Waals surface area contributed by atoms with Gasteiger partial charge in [-0.15, -0.1) is 0 Å². The molecule has 1 N–H and O–H groups in total. The minimum absolute atomic E-state index is 0.514. The number of hydrogen-bond acceptors (Lipinski definition) is 5. The van der Waals surface area contributed by atoms with Crippen LogP contribution in [-0.2, 0) is 0 Å². The highest BCUT2D eigenvalue weighted by Crippen LogP contribution is 2.27. The van der Waals surface area contributed by atoms with Crippen molar-refractivity contribution in [1.29, 1.82) is 0 Å². The van der Waals surface area contributed by atoms with E-state index >= 15 is 0 Å². The molecule has 1 atom stereocenters. The molecule has 1 aromatic heterocycles. The molecule has 2 heterocycles. The minimum Gasteiger partial charge on any atom is -0.480 e. The Morgan fingerprint density at radius 1 is 1.59 bits per heavy atom. The molecule has 0 saturated carbocycles. The van der Waals surface area contributed by atoms with Crippen molar-refractivity contribution >= 4 is 21.9 Å². The van der Waals surface area contributed by atoms with Crippen LogP contribution in [0.4, 0.5) is 5.95 Å². The fourth-order valence-corrected chi connectivity index (χ4v) is 2.38. The van der Waals surface area contributed by atoms with Crippen LogP contribution in [0.5, 0.6) is 5.88 Å². The van der Waals surface area contributed by atoms with E-state index in [0.29, 0.717) is 18.4 Å². The van der Waals surface area contributed by atoms with Crippen LogP contribution in [0.15, 0.2) is 10.7 Å². The third kappa shape index (κ3) is 2.87. The number of β-amino-alcohol motifs (C(OH)–C–C–N with tert-alkyl or cyclic N) is 1. The minimum atomic E-state index is -0.665. The summed E-state index contributed by atoms with van der Waals surface area (Å²) in [6.45, 7) is 3.26. The van der Waals surface area contributed by atoms with E-state index in [1.54, 1.807) is 13.3 Å². The molecule has 1 unspecified atom stereocenters. The van der Waals surface area contributed by atoms with E-state index < -0.39 is 5.60 Å². The first-order valence-electron chi connectivity index (χ1n) is 5.56. The van der Waals surface area contributed by atoms with E-state index in [-0.39, 0.29) is 0 Å². The molecule has 0 radical (unpaired) electrons. The van der Waals surface area contributed by atoms with Crippen molar-refractivity contribution in [3.8, 4) is 5.88 Å². The van der Waals surface area contributed by atoms with E-state index in [2.05, 4.69) is 25.9 Å². The number of nitrogens with zero attached hydrogens (tertiary/aromatic N) is 3. The lowest BCUT2D eigenvalue weighted by molar-refractivity contribution is 0.0444. The van der Waals surface area contributed by atoms with Gasteiger partial charge in [-0.05, 0) is 35.7 Å². The molecule has 0 spiro atoms. The Bertz CT molecular complexity index is 412. The number of ether oxygens (including phenoxy) is 1. The molecule has 0 aliphatic carbocycles. The largest absolute Gasteiger partial charge is 0.480 e. The number of aromatic nitrogens is 2. The maximum Gasteiger partial charge on any atom is 0.232 e. The normalized spacial score (nSPS) is 24.8. The van der Waals surface area contributed by atoms with Gasteiger partial charge in [0.05, 0.1) is 23.4 Å². The van der Waals surface area contributed by atoms with Gasteiger partial charge in [0, 0.05) is 13.1 Å². The van der Waals surface area contributed by atoms with Gasteiger partial charge in [-0.2, -0.15) is 4.98 Å². The molecule has 0 aromatic carbocycles. The summed E-state index contributed by atoms with van der Waals surface area (Å²) in [6.07, 6.45) is 3.43. The van der Waals surface area contributed by atoms with Crippen molar-refractivity contribution in [3.05, 3.63) is 10.7 Å². The van der Waals surface area contributed by atoms with Gasteiger partial charge in [0.25, 0.3) is 0 Å². The van der Waals surface area contributed by atoms with Crippen LogP contribution in [0, 0.1) is 0 Å². The smallest absolute Gasteiger partial charge is 0.232 e. The van der Waals surface area contributed by atoms with E-state index in [1.165, 1.54) is 0 Å². The standard InChI is InChI=1S/C11H16BrN3O2/c1-11(16)4-3-5-15(7-11)10-13-6-8(12)9(14-10)17-2/h6,16H,3-5,7H2,1-2H3. The second-order valence-electron chi connectivity index (χ2n) is 4.55. The zero-order valence-corrected chi connectivity index (χ0v) is 11.6. The quantitative estimate of drug-likeness (QED) is 0.899. The molecule has 2 rings (SSSR count). The molecule has 5 nitrogen and oxygen atoms in total. The molecule has 94 valence electrons. The molecule has 1 aromatic rings. The first kappa shape index (κ1) is 12.6. The number of piperidine rings is 1. The summed E-state index contributed by atoms with van der Waals surface area (Å²) in [5.41, 5.74) is -0.665. The topological polar surface area (TPSA) is 58.5 Å². The number of rotatable bonds is 2. The lowest BCUT2D eigenvalue weighted by Gasteiger charge is -2.36. The van der Waals surface area contributed by atoms with E-state index in [4.69, 9.17) is 4.74 Å². The average Bonchev–Trinajstić information content (AvgIpc) is 2.28. The molecule has 1 aliphatic rings. The van der Waals surface area contributed by atoms with Gasteiger partial charge >= 0.3 is 0 Å². The summed E-state index contributed by atoms with van der Waals surface area (Å²) in [6, 6.07) is 0. The number of methoxy groups -OCH3 is 1. The van der Waals surface area contributed by atoms with Crippen molar-refractivity contribution < 1.29 is 9.84 Å². The number of halogens is 1. The van der Waals surface area contributed by atoms with Crippen LogP contribution in [-0.4, -0.2) is 40.9 Å². The molecule has 1 aliphatic heterocycles. The Morgan fingerprint density at radius 3 is 3.00 bits per heavy atom. The molecular formula is C11H16BrN3O2. The van der Waals surface area contributed by atoms with Gasteiger partial charge in [0.1, 0.15) is 0 Å². The van der Waals surface area contributed by atoms with Crippen LogP contribution in [0.2, 0.25) is 0 Å². The van der Waals surface area contributed by atoms with Crippen molar-refractivity contribution in [1.82, 2.24) is 9.97 Å². The van der Waals surface area contributed by atoms with E-state index in [1.807, 2.05) is 11.8 Å². The molecule has 1 saturated heterocycles. The number of anilines is 1. The molecule has 0 amide bonds. The molecule has 17 heavy (non-hydrogen) atoms. The van der Waals surface area contributed by atoms with Crippen molar-refractivity contribution in [2.75, 3.05) is 25.1 Å². The second kappa shape index (κ2) is 4.78. The Morgan fingerprint density at radius 2 is 2.35 bits per heavy atom. The highest BCUT2D eigenvalue weighted by atomic mass is 79.9. The third-order valence-electron chi connectivity index (χ3n) is 2.85. The average molecular weight is 302 g/mol.